The minimum atomic E-state index is 0.0584. The number of rotatable bonds is 3. The first kappa shape index (κ1) is 12.7. The standard InChI is InChI=1S/C14H19N3O/c1-11(12-7-9-15-10-8-12)16-17-14(18)13-5-3-2-4-6-13/h7-10,13H,2-6H2,1H3,(H,17,18)/b16-11-. The number of nitrogens with zero attached hydrogens (tertiary/aromatic N) is 2. The van der Waals surface area contributed by atoms with Gasteiger partial charge in [-0.15, -0.1) is 0 Å². The predicted octanol–water partition coefficient (Wildman–Crippen LogP) is 2.50. The number of hydrogen-bond donors (Lipinski definition) is 1. The second kappa shape index (κ2) is 6.28. The molecule has 4 heteroatoms. The first-order chi connectivity index (χ1) is 8.77. The van der Waals surface area contributed by atoms with E-state index in [4.69, 9.17) is 0 Å². The number of carbonyl (C=O) groups is 1. The molecule has 96 valence electrons. The maximum atomic E-state index is 11.9. The van der Waals surface area contributed by atoms with Crippen molar-refractivity contribution in [2.24, 2.45) is 11.0 Å². The highest BCUT2D eigenvalue weighted by atomic mass is 16.2. The fraction of sp³-hybridized carbons (Fsp3) is 0.500. The van der Waals surface area contributed by atoms with Crippen molar-refractivity contribution in [3.8, 4) is 0 Å². The Kier molecular flexibility index (Phi) is 4.45. The van der Waals surface area contributed by atoms with Gasteiger partial charge in [-0.05, 0) is 31.9 Å². The van der Waals surface area contributed by atoms with Gasteiger partial charge in [-0.1, -0.05) is 19.3 Å². The second-order valence-electron chi connectivity index (χ2n) is 4.74. The lowest BCUT2D eigenvalue weighted by Crippen LogP contribution is -2.29. The number of hydrogen-bond acceptors (Lipinski definition) is 3. The molecule has 1 aliphatic carbocycles. The van der Waals surface area contributed by atoms with Crippen LogP contribution in [0, 0.1) is 5.92 Å². The van der Waals surface area contributed by atoms with Crippen molar-refractivity contribution >= 4 is 11.6 Å². The summed E-state index contributed by atoms with van der Waals surface area (Å²) in [5, 5.41) is 4.16. The quantitative estimate of drug-likeness (QED) is 0.657. The van der Waals surface area contributed by atoms with Crippen LogP contribution in [0.1, 0.15) is 44.6 Å². The van der Waals surface area contributed by atoms with E-state index in [2.05, 4.69) is 15.5 Å². The Morgan fingerprint density at radius 2 is 1.94 bits per heavy atom. The molecule has 2 rings (SSSR count). The monoisotopic (exact) mass is 245 g/mol. The summed E-state index contributed by atoms with van der Waals surface area (Å²) in [6, 6.07) is 3.76. The van der Waals surface area contributed by atoms with Gasteiger partial charge in [0.2, 0.25) is 5.91 Å². The summed E-state index contributed by atoms with van der Waals surface area (Å²) in [6.45, 7) is 1.89. The largest absolute Gasteiger partial charge is 0.273 e. The third-order valence-corrected chi connectivity index (χ3v) is 3.41. The molecule has 0 spiro atoms. The molecule has 0 saturated heterocycles. The average Bonchev–Trinajstić information content (AvgIpc) is 2.46. The Bertz CT molecular complexity index is 422. The number of pyridine rings is 1. The van der Waals surface area contributed by atoms with Crippen LogP contribution in [0.25, 0.3) is 0 Å². The molecule has 18 heavy (non-hydrogen) atoms. The van der Waals surface area contributed by atoms with Gasteiger partial charge >= 0.3 is 0 Å². The summed E-state index contributed by atoms with van der Waals surface area (Å²) in [5.74, 6) is 0.204. The second-order valence-corrected chi connectivity index (χ2v) is 4.74. The fourth-order valence-corrected chi connectivity index (χ4v) is 2.25. The van der Waals surface area contributed by atoms with Gasteiger partial charge in [0.25, 0.3) is 0 Å². The van der Waals surface area contributed by atoms with E-state index in [9.17, 15) is 4.79 Å². The average molecular weight is 245 g/mol. The van der Waals surface area contributed by atoms with Gasteiger partial charge in [0, 0.05) is 23.9 Å². The van der Waals surface area contributed by atoms with Crippen LogP contribution in [0.4, 0.5) is 0 Å². The topological polar surface area (TPSA) is 54.4 Å². The van der Waals surface area contributed by atoms with Crippen LogP contribution >= 0.6 is 0 Å². The van der Waals surface area contributed by atoms with Gasteiger partial charge in [0.15, 0.2) is 0 Å². The van der Waals surface area contributed by atoms with Crippen molar-refractivity contribution in [1.82, 2.24) is 10.4 Å². The van der Waals surface area contributed by atoms with E-state index in [1.807, 2.05) is 19.1 Å². The van der Waals surface area contributed by atoms with E-state index in [1.54, 1.807) is 12.4 Å². The highest BCUT2D eigenvalue weighted by Gasteiger charge is 2.20. The molecule has 0 radical (unpaired) electrons. The molecule has 1 aliphatic rings. The lowest BCUT2D eigenvalue weighted by atomic mass is 9.89. The Labute approximate surface area is 108 Å². The van der Waals surface area contributed by atoms with Crippen molar-refractivity contribution < 1.29 is 4.79 Å². The number of carbonyl (C=O) groups excluding carboxylic acids is 1. The number of hydrazone groups is 1. The van der Waals surface area contributed by atoms with Crippen molar-refractivity contribution in [3.05, 3.63) is 30.1 Å². The molecule has 0 aliphatic heterocycles. The molecule has 1 amide bonds. The van der Waals surface area contributed by atoms with E-state index >= 15 is 0 Å². The normalized spacial score (nSPS) is 17.5. The zero-order valence-corrected chi connectivity index (χ0v) is 10.7. The van der Waals surface area contributed by atoms with E-state index in [0.717, 1.165) is 37.0 Å². The van der Waals surface area contributed by atoms with E-state index < -0.39 is 0 Å². The summed E-state index contributed by atoms with van der Waals surface area (Å²) in [5.41, 5.74) is 4.47. The number of amides is 1. The Balaban J connectivity index is 1.91. The summed E-state index contributed by atoms with van der Waals surface area (Å²) >= 11 is 0. The summed E-state index contributed by atoms with van der Waals surface area (Å²) in [6.07, 6.45) is 9.00. The maximum absolute atomic E-state index is 11.9. The smallest absolute Gasteiger partial charge is 0.243 e. The minimum absolute atomic E-state index is 0.0584. The molecule has 0 aromatic carbocycles. The van der Waals surface area contributed by atoms with Crippen molar-refractivity contribution in [2.45, 2.75) is 39.0 Å². The maximum Gasteiger partial charge on any atom is 0.243 e. The number of aromatic nitrogens is 1. The van der Waals surface area contributed by atoms with Crippen molar-refractivity contribution in [2.75, 3.05) is 0 Å². The molecule has 0 atom stereocenters. The van der Waals surface area contributed by atoms with Crippen LogP contribution in [0.2, 0.25) is 0 Å². The van der Waals surface area contributed by atoms with Crippen LogP contribution in [-0.2, 0) is 4.79 Å². The van der Waals surface area contributed by atoms with Gasteiger partial charge < -0.3 is 0 Å². The Morgan fingerprint density at radius 1 is 1.28 bits per heavy atom. The molecule has 0 unspecified atom stereocenters. The molecule has 1 aromatic heterocycles. The van der Waals surface area contributed by atoms with Crippen LogP contribution in [0.3, 0.4) is 0 Å². The van der Waals surface area contributed by atoms with Gasteiger partial charge in [-0.2, -0.15) is 5.10 Å². The van der Waals surface area contributed by atoms with Crippen LogP contribution in [0.5, 0.6) is 0 Å². The molecule has 1 fully saturated rings. The van der Waals surface area contributed by atoms with Crippen molar-refractivity contribution in [1.29, 1.82) is 0 Å². The van der Waals surface area contributed by atoms with Crippen molar-refractivity contribution in [3.63, 3.8) is 0 Å². The van der Waals surface area contributed by atoms with Gasteiger partial charge in [-0.3, -0.25) is 9.78 Å². The lowest BCUT2D eigenvalue weighted by Gasteiger charge is -2.19. The molecular formula is C14H19N3O. The molecule has 0 bridgehead atoms. The zero-order chi connectivity index (χ0) is 12.8. The highest BCUT2D eigenvalue weighted by molar-refractivity contribution is 5.99. The SMILES string of the molecule is C/C(=N/NC(=O)C1CCCCC1)c1ccncc1. The highest BCUT2D eigenvalue weighted by Crippen LogP contribution is 2.23. The zero-order valence-electron chi connectivity index (χ0n) is 10.7. The molecule has 1 N–H and O–H groups in total. The Hall–Kier alpha value is -1.71. The summed E-state index contributed by atoms with van der Waals surface area (Å²) < 4.78 is 0. The molecule has 4 nitrogen and oxygen atoms in total. The first-order valence-electron chi connectivity index (χ1n) is 6.52. The first-order valence-corrected chi connectivity index (χ1v) is 6.52. The molecule has 1 saturated carbocycles. The third kappa shape index (κ3) is 3.39. The van der Waals surface area contributed by atoms with E-state index in [0.29, 0.717) is 0 Å². The number of nitrogens with one attached hydrogen (secondary N) is 1. The molecular weight excluding hydrogens is 226 g/mol. The lowest BCUT2D eigenvalue weighted by molar-refractivity contribution is -0.125. The van der Waals surface area contributed by atoms with Gasteiger partial charge in [-0.25, -0.2) is 5.43 Å². The van der Waals surface area contributed by atoms with Crippen LogP contribution in [0.15, 0.2) is 29.6 Å². The van der Waals surface area contributed by atoms with Crippen LogP contribution in [-0.4, -0.2) is 16.6 Å². The summed E-state index contributed by atoms with van der Waals surface area (Å²) in [4.78, 5) is 15.9. The van der Waals surface area contributed by atoms with E-state index in [-0.39, 0.29) is 11.8 Å². The van der Waals surface area contributed by atoms with Gasteiger partial charge in [0.05, 0.1) is 5.71 Å². The molecule has 1 aromatic rings. The predicted molar refractivity (Wildman–Crippen MR) is 71.2 cm³/mol. The van der Waals surface area contributed by atoms with Gasteiger partial charge in [0.1, 0.15) is 0 Å². The fourth-order valence-electron chi connectivity index (χ4n) is 2.25. The van der Waals surface area contributed by atoms with Crippen LogP contribution < -0.4 is 5.43 Å². The minimum Gasteiger partial charge on any atom is -0.273 e. The molecule has 1 heterocycles. The van der Waals surface area contributed by atoms with E-state index in [1.165, 1.54) is 6.42 Å². The third-order valence-electron chi connectivity index (χ3n) is 3.41. The summed E-state index contributed by atoms with van der Waals surface area (Å²) in [7, 11) is 0. The Morgan fingerprint density at radius 3 is 2.61 bits per heavy atom.